The molecule has 25 heavy (non-hydrogen) atoms. The van der Waals surface area contributed by atoms with Crippen molar-refractivity contribution < 1.29 is 14.7 Å². The number of carbonyl (C=O) groups is 2. The molecule has 0 radical (unpaired) electrons. The number of carbonyl (C=O) groups excluding carboxylic acids is 1. The molecule has 2 aromatic rings. The molecule has 2 N–H and O–H groups in total. The van der Waals surface area contributed by atoms with Gasteiger partial charge in [-0.2, -0.15) is 0 Å². The average Bonchev–Trinajstić information content (AvgIpc) is 2.89. The minimum Gasteiger partial charge on any atom is -0.478 e. The number of aryl methyl sites for hydroxylation is 1. The third kappa shape index (κ3) is 3.45. The summed E-state index contributed by atoms with van der Waals surface area (Å²) in [6.45, 7) is 5.32. The van der Waals surface area contributed by atoms with Gasteiger partial charge in [0.1, 0.15) is 0 Å². The molecule has 1 aliphatic heterocycles. The molecule has 7 heteroatoms. The number of amides is 1. The van der Waals surface area contributed by atoms with Gasteiger partial charge < -0.3 is 19.9 Å². The van der Waals surface area contributed by atoms with Gasteiger partial charge >= 0.3 is 5.97 Å². The van der Waals surface area contributed by atoms with Gasteiger partial charge in [0.05, 0.1) is 16.6 Å². The number of rotatable bonds is 4. The first kappa shape index (κ1) is 17.3. The topological polar surface area (TPSA) is 87.5 Å². The maximum atomic E-state index is 12.2. The van der Waals surface area contributed by atoms with E-state index in [1.165, 1.54) is 0 Å². The largest absolute Gasteiger partial charge is 0.478 e. The van der Waals surface area contributed by atoms with E-state index in [1.54, 1.807) is 18.2 Å². The van der Waals surface area contributed by atoms with Crippen LogP contribution < -0.4 is 5.32 Å². The molecule has 0 spiro atoms. The highest BCUT2D eigenvalue weighted by Gasteiger charge is 2.26. The van der Waals surface area contributed by atoms with Crippen LogP contribution >= 0.6 is 0 Å². The van der Waals surface area contributed by atoms with E-state index in [0.29, 0.717) is 18.0 Å². The number of aromatic nitrogens is 2. The third-order valence-electron chi connectivity index (χ3n) is 4.69. The first-order chi connectivity index (χ1) is 11.9. The number of aromatic carboxylic acids is 1. The number of hydrogen-bond acceptors (Lipinski definition) is 4. The zero-order chi connectivity index (χ0) is 18.1. The lowest BCUT2D eigenvalue weighted by molar-refractivity contribution is -0.135. The summed E-state index contributed by atoms with van der Waals surface area (Å²) in [5.74, 6) is -0.0786. The summed E-state index contributed by atoms with van der Waals surface area (Å²) in [6.07, 6.45) is 1.94. The van der Waals surface area contributed by atoms with Crippen LogP contribution in [0.5, 0.6) is 0 Å². The Balaban J connectivity index is 1.79. The minimum absolute atomic E-state index is 0.00365. The van der Waals surface area contributed by atoms with Crippen LogP contribution in [0, 0.1) is 5.92 Å². The lowest BCUT2D eigenvalue weighted by Crippen LogP contribution is -2.46. The zero-order valence-electron chi connectivity index (χ0n) is 14.8. The Hall–Kier alpha value is -2.57. The Morgan fingerprint density at radius 2 is 2.12 bits per heavy atom. The smallest absolute Gasteiger partial charge is 0.335 e. The molecule has 3 rings (SSSR count). The van der Waals surface area contributed by atoms with E-state index in [9.17, 15) is 9.59 Å². The molecular formula is C18H24N4O3. The van der Waals surface area contributed by atoms with Crippen LogP contribution in [0.1, 0.15) is 37.0 Å². The number of benzene rings is 1. The van der Waals surface area contributed by atoms with Crippen molar-refractivity contribution in [2.45, 2.75) is 32.7 Å². The monoisotopic (exact) mass is 344 g/mol. The highest BCUT2D eigenvalue weighted by Crippen LogP contribution is 2.22. The minimum atomic E-state index is -0.961. The molecule has 2 heterocycles. The average molecular weight is 344 g/mol. The van der Waals surface area contributed by atoms with Gasteiger partial charge in [-0.25, -0.2) is 9.78 Å². The van der Waals surface area contributed by atoms with Gasteiger partial charge in [-0.3, -0.25) is 4.79 Å². The number of nitrogens with zero attached hydrogens (tertiary/aromatic N) is 3. The summed E-state index contributed by atoms with van der Waals surface area (Å²) in [6, 6.07) is 5.08. The summed E-state index contributed by atoms with van der Waals surface area (Å²) < 4.78 is 1.92. The standard InChI is InChI=1S/C18H24N4O3/c1-11(2)16(23)22-8-4-5-13(10-22)19-18-20-14-9-12(17(24)25)6-7-15(14)21(18)3/h6-7,9,11,13H,4-5,8,10H2,1-3H3,(H,19,20)(H,24,25)/t13-/m0/s1. The Kier molecular flexibility index (Phi) is 4.65. The van der Waals surface area contributed by atoms with Crippen molar-refractivity contribution in [1.82, 2.24) is 14.5 Å². The number of imidazole rings is 1. The molecule has 134 valence electrons. The number of nitrogens with one attached hydrogen (secondary N) is 1. The van der Waals surface area contributed by atoms with E-state index >= 15 is 0 Å². The van der Waals surface area contributed by atoms with Gasteiger partial charge in [-0.15, -0.1) is 0 Å². The number of fused-ring (bicyclic) bond motifs is 1. The highest BCUT2D eigenvalue weighted by atomic mass is 16.4. The fourth-order valence-corrected chi connectivity index (χ4v) is 3.30. The predicted molar refractivity (Wildman–Crippen MR) is 95.7 cm³/mol. The zero-order valence-corrected chi connectivity index (χ0v) is 14.8. The van der Waals surface area contributed by atoms with E-state index in [4.69, 9.17) is 5.11 Å². The third-order valence-corrected chi connectivity index (χ3v) is 4.69. The molecular weight excluding hydrogens is 320 g/mol. The van der Waals surface area contributed by atoms with Gasteiger partial charge in [-0.05, 0) is 31.0 Å². The molecule has 1 aromatic carbocycles. The van der Waals surface area contributed by atoms with Crippen LogP contribution in [0.15, 0.2) is 18.2 Å². The summed E-state index contributed by atoms with van der Waals surface area (Å²) >= 11 is 0. The van der Waals surface area contributed by atoms with Crippen LogP contribution in [0.2, 0.25) is 0 Å². The van der Waals surface area contributed by atoms with Crippen molar-refractivity contribution in [2.75, 3.05) is 18.4 Å². The van der Waals surface area contributed by atoms with Gasteiger partial charge in [0.2, 0.25) is 11.9 Å². The summed E-state index contributed by atoms with van der Waals surface area (Å²) in [4.78, 5) is 29.8. The number of carboxylic acids is 1. The van der Waals surface area contributed by atoms with E-state index < -0.39 is 5.97 Å². The van der Waals surface area contributed by atoms with Gasteiger partial charge in [0, 0.05) is 32.1 Å². The summed E-state index contributed by atoms with van der Waals surface area (Å²) in [7, 11) is 1.90. The van der Waals surface area contributed by atoms with Crippen molar-refractivity contribution in [3.05, 3.63) is 23.8 Å². The number of likely N-dealkylation sites (tertiary alicyclic amines) is 1. The van der Waals surface area contributed by atoms with Crippen molar-refractivity contribution in [2.24, 2.45) is 13.0 Å². The Morgan fingerprint density at radius 1 is 1.36 bits per heavy atom. The second kappa shape index (κ2) is 6.74. The number of anilines is 1. The highest BCUT2D eigenvalue weighted by molar-refractivity contribution is 5.93. The number of piperidine rings is 1. The molecule has 1 atom stereocenters. The van der Waals surface area contributed by atoms with Gasteiger partial charge in [-0.1, -0.05) is 13.8 Å². The fourth-order valence-electron chi connectivity index (χ4n) is 3.30. The molecule has 1 saturated heterocycles. The first-order valence-electron chi connectivity index (χ1n) is 8.62. The van der Waals surface area contributed by atoms with Crippen molar-refractivity contribution in [1.29, 1.82) is 0 Å². The van der Waals surface area contributed by atoms with Crippen LogP contribution in [0.25, 0.3) is 11.0 Å². The molecule has 0 unspecified atom stereocenters. The lowest BCUT2D eigenvalue weighted by Gasteiger charge is -2.34. The number of carboxylic acid groups (broad SMARTS) is 1. The molecule has 0 bridgehead atoms. The maximum Gasteiger partial charge on any atom is 0.335 e. The van der Waals surface area contributed by atoms with E-state index in [0.717, 1.165) is 24.9 Å². The van der Waals surface area contributed by atoms with Gasteiger partial charge in [0.25, 0.3) is 0 Å². The molecule has 1 aromatic heterocycles. The van der Waals surface area contributed by atoms with Gasteiger partial charge in [0.15, 0.2) is 0 Å². The SMILES string of the molecule is CC(C)C(=O)N1CCC[C@H](Nc2nc3cc(C(=O)O)ccc3n2C)C1. The Labute approximate surface area is 146 Å². The fraction of sp³-hybridized carbons (Fsp3) is 0.500. The second-order valence-corrected chi connectivity index (χ2v) is 6.93. The molecule has 7 nitrogen and oxygen atoms in total. The normalized spacial score (nSPS) is 17.9. The quantitative estimate of drug-likeness (QED) is 0.889. The molecule has 0 aliphatic carbocycles. The Bertz CT molecular complexity index is 812. The molecule has 1 aliphatic rings. The van der Waals surface area contributed by atoms with E-state index in [2.05, 4.69) is 10.3 Å². The molecule has 1 amide bonds. The molecule has 1 fully saturated rings. The van der Waals surface area contributed by atoms with Crippen LogP contribution in [0.3, 0.4) is 0 Å². The summed E-state index contributed by atoms with van der Waals surface area (Å²) in [5.41, 5.74) is 1.75. The second-order valence-electron chi connectivity index (χ2n) is 6.93. The lowest BCUT2D eigenvalue weighted by atomic mass is 10.0. The van der Waals surface area contributed by atoms with Crippen molar-refractivity contribution >= 4 is 28.9 Å². The van der Waals surface area contributed by atoms with Crippen LogP contribution in [0.4, 0.5) is 5.95 Å². The van der Waals surface area contributed by atoms with Crippen molar-refractivity contribution in [3.8, 4) is 0 Å². The summed E-state index contributed by atoms with van der Waals surface area (Å²) in [5, 5.41) is 12.5. The first-order valence-corrected chi connectivity index (χ1v) is 8.62. The number of hydrogen-bond donors (Lipinski definition) is 2. The maximum absolute atomic E-state index is 12.2. The molecule has 0 saturated carbocycles. The Morgan fingerprint density at radius 3 is 2.80 bits per heavy atom. The van der Waals surface area contributed by atoms with E-state index in [1.807, 2.05) is 30.4 Å². The van der Waals surface area contributed by atoms with E-state index in [-0.39, 0.29) is 23.4 Å². The predicted octanol–water partition coefficient (Wildman–Crippen LogP) is 2.33. The van der Waals surface area contributed by atoms with Crippen molar-refractivity contribution in [3.63, 3.8) is 0 Å². The van der Waals surface area contributed by atoms with Crippen LogP contribution in [-0.2, 0) is 11.8 Å². The van der Waals surface area contributed by atoms with Crippen LogP contribution in [-0.4, -0.2) is 50.6 Å².